The predicted octanol–water partition coefficient (Wildman–Crippen LogP) is 3.96. The highest BCUT2D eigenvalue weighted by molar-refractivity contribution is 6.31. The smallest absolute Gasteiger partial charge is 0.303 e. The second-order valence-electron chi connectivity index (χ2n) is 6.27. The van der Waals surface area contributed by atoms with Gasteiger partial charge in [0.25, 0.3) is 0 Å². The molecule has 0 atom stereocenters. The number of rotatable bonds is 7. The standard InChI is InChI=1S/C16H22ClNO4/c1-10(2)22-13-6-5-11(17)7-12(13)18-14(19)8-16(3,4)9-15(20)21/h5-7,10H,8-9H2,1-4H3,(H,18,19)(H,20,21). The van der Waals surface area contributed by atoms with Gasteiger partial charge in [-0.1, -0.05) is 25.4 Å². The number of hydrogen-bond donors (Lipinski definition) is 2. The molecule has 5 nitrogen and oxygen atoms in total. The Labute approximate surface area is 135 Å². The minimum atomic E-state index is -0.926. The number of hydrogen-bond acceptors (Lipinski definition) is 3. The molecule has 0 spiro atoms. The molecule has 22 heavy (non-hydrogen) atoms. The van der Waals surface area contributed by atoms with Crippen molar-refractivity contribution in [2.24, 2.45) is 5.41 Å². The SMILES string of the molecule is CC(C)Oc1ccc(Cl)cc1NC(=O)CC(C)(C)CC(=O)O. The summed E-state index contributed by atoms with van der Waals surface area (Å²) in [5.74, 6) is -0.671. The van der Waals surface area contributed by atoms with Gasteiger partial charge >= 0.3 is 5.97 Å². The van der Waals surface area contributed by atoms with E-state index in [-0.39, 0.29) is 24.9 Å². The number of carboxylic acids is 1. The van der Waals surface area contributed by atoms with E-state index in [9.17, 15) is 9.59 Å². The van der Waals surface area contributed by atoms with Crippen LogP contribution in [-0.4, -0.2) is 23.1 Å². The maximum atomic E-state index is 12.2. The first-order valence-corrected chi connectivity index (χ1v) is 7.45. The molecule has 122 valence electrons. The van der Waals surface area contributed by atoms with Crippen LogP contribution >= 0.6 is 11.6 Å². The minimum Gasteiger partial charge on any atom is -0.489 e. The number of benzene rings is 1. The number of nitrogens with one attached hydrogen (secondary N) is 1. The number of halogens is 1. The molecule has 0 saturated carbocycles. The van der Waals surface area contributed by atoms with Crippen LogP contribution in [0.1, 0.15) is 40.5 Å². The highest BCUT2D eigenvalue weighted by Crippen LogP contribution is 2.31. The Kier molecular flexibility index (Phi) is 6.23. The Morgan fingerprint density at radius 2 is 1.95 bits per heavy atom. The number of carbonyl (C=O) groups excluding carboxylic acids is 1. The third-order valence-corrected chi connectivity index (χ3v) is 3.08. The average molecular weight is 328 g/mol. The van der Waals surface area contributed by atoms with Gasteiger partial charge in [0, 0.05) is 11.4 Å². The van der Waals surface area contributed by atoms with Crippen LogP contribution < -0.4 is 10.1 Å². The van der Waals surface area contributed by atoms with Gasteiger partial charge in [0.1, 0.15) is 5.75 Å². The van der Waals surface area contributed by atoms with Gasteiger partial charge < -0.3 is 15.2 Å². The summed E-state index contributed by atoms with van der Waals surface area (Å²) in [7, 11) is 0. The molecule has 6 heteroatoms. The number of carboxylic acid groups (broad SMARTS) is 1. The van der Waals surface area contributed by atoms with Crippen LogP contribution in [0.4, 0.5) is 5.69 Å². The lowest BCUT2D eigenvalue weighted by Gasteiger charge is -2.22. The number of amides is 1. The first kappa shape index (κ1) is 18.3. The van der Waals surface area contributed by atoms with Crippen LogP contribution in [0.5, 0.6) is 5.75 Å². The van der Waals surface area contributed by atoms with Gasteiger partial charge in [0.05, 0.1) is 18.2 Å². The molecular weight excluding hydrogens is 306 g/mol. The monoisotopic (exact) mass is 327 g/mol. The van der Waals surface area contributed by atoms with E-state index in [1.165, 1.54) is 0 Å². The zero-order valence-electron chi connectivity index (χ0n) is 13.3. The molecule has 0 saturated heterocycles. The summed E-state index contributed by atoms with van der Waals surface area (Å²) in [6.45, 7) is 7.25. The first-order valence-electron chi connectivity index (χ1n) is 7.07. The van der Waals surface area contributed by atoms with E-state index in [0.717, 1.165) is 0 Å². The molecule has 0 fully saturated rings. The highest BCUT2D eigenvalue weighted by Gasteiger charge is 2.25. The molecule has 0 heterocycles. The largest absolute Gasteiger partial charge is 0.489 e. The third kappa shape index (κ3) is 6.35. The minimum absolute atomic E-state index is 0.0414. The van der Waals surface area contributed by atoms with Crippen molar-refractivity contribution in [2.45, 2.75) is 46.6 Å². The summed E-state index contributed by atoms with van der Waals surface area (Å²) in [4.78, 5) is 23.0. The fourth-order valence-corrected chi connectivity index (χ4v) is 2.23. The van der Waals surface area contributed by atoms with E-state index in [1.807, 2.05) is 13.8 Å². The Hall–Kier alpha value is -1.75. The maximum Gasteiger partial charge on any atom is 0.303 e. The predicted molar refractivity (Wildman–Crippen MR) is 86.5 cm³/mol. The summed E-state index contributed by atoms with van der Waals surface area (Å²) < 4.78 is 5.63. The molecular formula is C16H22ClNO4. The molecule has 0 bridgehead atoms. The lowest BCUT2D eigenvalue weighted by Crippen LogP contribution is -2.25. The maximum absolute atomic E-state index is 12.2. The lowest BCUT2D eigenvalue weighted by atomic mass is 9.85. The normalized spacial score (nSPS) is 11.4. The molecule has 0 aromatic heterocycles. The molecule has 1 amide bonds. The number of aliphatic carboxylic acids is 1. The van der Waals surface area contributed by atoms with E-state index in [0.29, 0.717) is 16.5 Å². The fraction of sp³-hybridized carbons (Fsp3) is 0.500. The Balaban J connectivity index is 2.83. The zero-order valence-corrected chi connectivity index (χ0v) is 14.0. The van der Waals surface area contributed by atoms with Crippen molar-refractivity contribution in [3.8, 4) is 5.75 Å². The summed E-state index contributed by atoms with van der Waals surface area (Å²) in [5, 5.41) is 12.1. The van der Waals surface area contributed by atoms with Crippen LogP contribution in [-0.2, 0) is 9.59 Å². The molecule has 0 aliphatic carbocycles. The van der Waals surface area contributed by atoms with E-state index in [1.54, 1.807) is 32.0 Å². The van der Waals surface area contributed by atoms with E-state index in [4.69, 9.17) is 21.4 Å². The van der Waals surface area contributed by atoms with E-state index < -0.39 is 11.4 Å². The lowest BCUT2D eigenvalue weighted by molar-refractivity contribution is -0.139. The van der Waals surface area contributed by atoms with Crippen molar-refractivity contribution in [3.05, 3.63) is 23.2 Å². The number of carbonyl (C=O) groups is 2. The van der Waals surface area contributed by atoms with Crippen LogP contribution in [0.3, 0.4) is 0 Å². The average Bonchev–Trinajstić information content (AvgIpc) is 2.29. The quantitative estimate of drug-likeness (QED) is 0.795. The van der Waals surface area contributed by atoms with Gasteiger partial charge in [-0.3, -0.25) is 9.59 Å². The van der Waals surface area contributed by atoms with Crippen molar-refractivity contribution in [1.82, 2.24) is 0 Å². The zero-order chi connectivity index (χ0) is 16.9. The Bertz CT molecular complexity index is 555. The second kappa shape index (κ2) is 7.49. The molecule has 1 aromatic carbocycles. The van der Waals surface area contributed by atoms with Crippen LogP contribution in [0.2, 0.25) is 5.02 Å². The third-order valence-electron chi connectivity index (χ3n) is 2.85. The summed E-state index contributed by atoms with van der Waals surface area (Å²) in [6, 6.07) is 4.99. The summed E-state index contributed by atoms with van der Waals surface area (Å²) in [6.07, 6.45) is -0.0293. The Morgan fingerprint density at radius 3 is 2.50 bits per heavy atom. The van der Waals surface area contributed by atoms with Crippen molar-refractivity contribution in [3.63, 3.8) is 0 Å². The van der Waals surface area contributed by atoms with Crippen LogP contribution in [0.25, 0.3) is 0 Å². The molecule has 2 N–H and O–H groups in total. The van der Waals surface area contributed by atoms with Gasteiger partial charge in [0.15, 0.2) is 0 Å². The second-order valence-corrected chi connectivity index (χ2v) is 6.70. The highest BCUT2D eigenvalue weighted by atomic mass is 35.5. The van der Waals surface area contributed by atoms with Gasteiger partial charge in [0.2, 0.25) is 5.91 Å². The van der Waals surface area contributed by atoms with Crippen molar-refractivity contribution < 1.29 is 19.4 Å². The Morgan fingerprint density at radius 1 is 1.32 bits per heavy atom. The van der Waals surface area contributed by atoms with Crippen molar-refractivity contribution in [2.75, 3.05) is 5.32 Å². The van der Waals surface area contributed by atoms with Crippen LogP contribution in [0, 0.1) is 5.41 Å². The van der Waals surface area contributed by atoms with Crippen LogP contribution in [0.15, 0.2) is 18.2 Å². The molecule has 0 aliphatic heterocycles. The van der Waals surface area contributed by atoms with Gasteiger partial charge in [-0.15, -0.1) is 0 Å². The molecule has 0 unspecified atom stereocenters. The molecule has 1 rings (SSSR count). The van der Waals surface area contributed by atoms with E-state index in [2.05, 4.69) is 5.32 Å². The summed E-state index contributed by atoms with van der Waals surface area (Å²) >= 11 is 5.95. The van der Waals surface area contributed by atoms with Gasteiger partial charge in [-0.05, 0) is 37.5 Å². The molecule has 0 radical (unpaired) electrons. The summed E-state index contributed by atoms with van der Waals surface area (Å²) in [5.41, 5.74) is -0.148. The van der Waals surface area contributed by atoms with Crippen molar-refractivity contribution >= 4 is 29.2 Å². The topological polar surface area (TPSA) is 75.6 Å². The fourth-order valence-electron chi connectivity index (χ4n) is 2.06. The molecule has 1 aromatic rings. The van der Waals surface area contributed by atoms with Crippen molar-refractivity contribution in [1.29, 1.82) is 0 Å². The first-order chi connectivity index (χ1) is 10.1. The number of anilines is 1. The van der Waals surface area contributed by atoms with Gasteiger partial charge in [-0.25, -0.2) is 0 Å². The van der Waals surface area contributed by atoms with Gasteiger partial charge in [-0.2, -0.15) is 0 Å². The molecule has 0 aliphatic rings. The number of ether oxygens (including phenoxy) is 1. The van der Waals surface area contributed by atoms with E-state index >= 15 is 0 Å².